The molecule has 0 aliphatic rings. The summed E-state index contributed by atoms with van der Waals surface area (Å²) >= 11 is 3.37. The number of aryl methyl sites for hydroxylation is 3. The Bertz CT molecular complexity index is 797. The van der Waals surface area contributed by atoms with Crippen LogP contribution in [0.4, 0.5) is 5.69 Å². The molecule has 2 aromatic rings. The molecular weight excluding hydrogens is 396 g/mol. The molecule has 0 aliphatic carbocycles. The van der Waals surface area contributed by atoms with Crippen LogP contribution in [0.3, 0.4) is 0 Å². The summed E-state index contributed by atoms with van der Waals surface area (Å²) in [6.45, 7) is 5.77. The molecule has 5 nitrogen and oxygen atoms in total. The Hall–Kier alpha value is -2.34. The predicted octanol–water partition coefficient (Wildman–Crippen LogP) is 3.85. The number of hydrogen-bond acceptors (Lipinski definition) is 3. The van der Waals surface area contributed by atoms with Crippen LogP contribution >= 0.6 is 15.9 Å². The van der Waals surface area contributed by atoms with Gasteiger partial charge in [0.05, 0.1) is 12.2 Å². The van der Waals surface area contributed by atoms with Gasteiger partial charge in [-0.2, -0.15) is 0 Å². The fourth-order valence-electron chi connectivity index (χ4n) is 2.69. The summed E-state index contributed by atoms with van der Waals surface area (Å²) in [5.41, 5.74) is 3.80. The highest BCUT2D eigenvalue weighted by Crippen LogP contribution is 2.24. The SMILES string of the molecule is Cc1cc(C)c(OCC(=O)N(C)CC(=O)Nc2ccccc2Br)c(C)c1. The third-order valence-corrected chi connectivity index (χ3v) is 4.59. The van der Waals surface area contributed by atoms with Gasteiger partial charge in [-0.05, 0) is 60.0 Å². The highest BCUT2D eigenvalue weighted by atomic mass is 79.9. The van der Waals surface area contributed by atoms with Gasteiger partial charge in [0.15, 0.2) is 6.61 Å². The molecule has 0 fully saturated rings. The molecule has 0 heterocycles. The van der Waals surface area contributed by atoms with Gasteiger partial charge in [0, 0.05) is 11.5 Å². The Morgan fingerprint density at radius 2 is 1.73 bits per heavy atom. The van der Waals surface area contributed by atoms with E-state index in [0.29, 0.717) is 5.69 Å². The Labute approximate surface area is 162 Å². The van der Waals surface area contributed by atoms with Crippen LogP contribution < -0.4 is 10.1 Å². The van der Waals surface area contributed by atoms with E-state index in [1.54, 1.807) is 13.1 Å². The van der Waals surface area contributed by atoms with Crippen LogP contribution in [0.2, 0.25) is 0 Å². The van der Waals surface area contributed by atoms with Crippen LogP contribution in [0.15, 0.2) is 40.9 Å². The van der Waals surface area contributed by atoms with Crippen molar-refractivity contribution in [3.8, 4) is 5.75 Å². The van der Waals surface area contributed by atoms with E-state index in [9.17, 15) is 9.59 Å². The first-order chi connectivity index (χ1) is 12.3. The number of nitrogens with zero attached hydrogens (tertiary/aromatic N) is 1. The van der Waals surface area contributed by atoms with E-state index >= 15 is 0 Å². The second-order valence-electron chi connectivity index (χ2n) is 6.29. The van der Waals surface area contributed by atoms with Crippen LogP contribution in [0, 0.1) is 20.8 Å². The molecule has 0 aromatic heterocycles. The molecule has 1 N–H and O–H groups in total. The Morgan fingerprint density at radius 3 is 2.35 bits per heavy atom. The largest absolute Gasteiger partial charge is 0.483 e. The lowest BCUT2D eigenvalue weighted by Crippen LogP contribution is -2.37. The van der Waals surface area contributed by atoms with Crippen molar-refractivity contribution < 1.29 is 14.3 Å². The van der Waals surface area contributed by atoms with Crippen LogP contribution in [0.5, 0.6) is 5.75 Å². The average molecular weight is 419 g/mol. The van der Waals surface area contributed by atoms with E-state index in [2.05, 4.69) is 21.2 Å². The average Bonchev–Trinajstić information content (AvgIpc) is 2.55. The number of amides is 2. The zero-order valence-electron chi connectivity index (χ0n) is 15.4. The van der Waals surface area contributed by atoms with Crippen LogP contribution in [0.25, 0.3) is 0 Å². The van der Waals surface area contributed by atoms with Crippen LogP contribution in [-0.2, 0) is 9.59 Å². The summed E-state index contributed by atoms with van der Waals surface area (Å²) < 4.78 is 6.48. The molecule has 0 saturated heterocycles. The first-order valence-corrected chi connectivity index (χ1v) is 9.06. The molecule has 2 amide bonds. The molecule has 138 valence electrons. The number of nitrogens with one attached hydrogen (secondary N) is 1. The van der Waals surface area contributed by atoms with E-state index in [1.807, 2.05) is 51.1 Å². The normalized spacial score (nSPS) is 10.3. The maximum Gasteiger partial charge on any atom is 0.260 e. The van der Waals surface area contributed by atoms with Gasteiger partial charge in [0.25, 0.3) is 5.91 Å². The standard InChI is InChI=1S/C20H23BrN2O3/c1-13-9-14(2)20(15(3)10-13)26-12-19(25)23(4)11-18(24)22-17-8-6-5-7-16(17)21/h5-10H,11-12H2,1-4H3,(H,22,24). The summed E-state index contributed by atoms with van der Waals surface area (Å²) in [5.74, 6) is 0.192. The molecule has 0 saturated carbocycles. The second kappa shape index (κ2) is 8.85. The van der Waals surface area contributed by atoms with Gasteiger partial charge < -0.3 is 15.0 Å². The maximum atomic E-state index is 12.3. The van der Waals surface area contributed by atoms with Gasteiger partial charge in [-0.25, -0.2) is 0 Å². The van der Waals surface area contributed by atoms with Gasteiger partial charge in [-0.15, -0.1) is 0 Å². The number of halogens is 1. The van der Waals surface area contributed by atoms with Gasteiger partial charge >= 0.3 is 0 Å². The first kappa shape index (κ1) is 20.0. The second-order valence-corrected chi connectivity index (χ2v) is 7.15. The van der Waals surface area contributed by atoms with Crippen molar-refractivity contribution in [3.63, 3.8) is 0 Å². The van der Waals surface area contributed by atoms with Gasteiger partial charge in [-0.3, -0.25) is 9.59 Å². The third kappa shape index (κ3) is 5.33. The molecule has 0 spiro atoms. The minimum Gasteiger partial charge on any atom is -0.483 e. The summed E-state index contributed by atoms with van der Waals surface area (Å²) in [4.78, 5) is 25.8. The van der Waals surface area contributed by atoms with Crippen molar-refractivity contribution >= 4 is 33.4 Å². The van der Waals surface area contributed by atoms with Crippen molar-refractivity contribution in [2.45, 2.75) is 20.8 Å². The summed E-state index contributed by atoms with van der Waals surface area (Å²) in [7, 11) is 1.58. The minimum absolute atomic E-state index is 0.0462. The number of carbonyl (C=O) groups is 2. The van der Waals surface area contributed by atoms with E-state index in [0.717, 1.165) is 26.9 Å². The molecule has 0 bridgehead atoms. The van der Waals surface area contributed by atoms with Crippen molar-refractivity contribution in [1.29, 1.82) is 0 Å². The lowest BCUT2D eigenvalue weighted by Gasteiger charge is -2.19. The van der Waals surface area contributed by atoms with Crippen LogP contribution in [0.1, 0.15) is 16.7 Å². The molecule has 0 atom stereocenters. The van der Waals surface area contributed by atoms with E-state index in [-0.39, 0.29) is 25.0 Å². The summed E-state index contributed by atoms with van der Waals surface area (Å²) in [6.07, 6.45) is 0. The number of benzene rings is 2. The lowest BCUT2D eigenvalue weighted by atomic mass is 10.1. The predicted molar refractivity (Wildman–Crippen MR) is 107 cm³/mol. The van der Waals surface area contributed by atoms with Crippen molar-refractivity contribution in [2.24, 2.45) is 0 Å². The summed E-state index contributed by atoms with van der Waals surface area (Å²) in [6, 6.07) is 11.3. The molecule has 0 radical (unpaired) electrons. The number of rotatable bonds is 6. The number of hydrogen-bond donors (Lipinski definition) is 1. The number of likely N-dealkylation sites (N-methyl/N-ethyl adjacent to an activating group) is 1. The van der Waals surface area contributed by atoms with Crippen molar-refractivity contribution in [3.05, 3.63) is 57.6 Å². The van der Waals surface area contributed by atoms with E-state index < -0.39 is 0 Å². The number of ether oxygens (including phenoxy) is 1. The molecule has 26 heavy (non-hydrogen) atoms. The zero-order chi connectivity index (χ0) is 19.3. The molecular formula is C20H23BrN2O3. The Morgan fingerprint density at radius 1 is 1.12 bits per heavy atom. The fraction of sp³-hybridized carbons (Fsp3) is 0.300. The highest BCUT2D eigenvalue weighted by Gasteiger charge is 2.15. The van der Waals surface area contributed by atoms with Crippen LogP contribution in [-0.4, -0.2) is 36.9 Å². The number of carbonyl (C=O) groups excluding carboxylic acids is 2. The lowest BCUT2D eigenvalue weighted by molar-refractivity contribution is -0.135. The first-order valence-electron chi connectivity index (χ1n) is 8.27. The fourth-order valence-corrected chi connectivity index (χ4v) is 3.08. The monoisotopic (exact) mass is 418 g/mol. The molecule has 6 heteroatoms. The Kier molecular flexibility index (Phi) is 6.80. The highest BCUT2D eigenvalue weighted by molar-refractivity contribution is 9.10. The van der Waals surface area contributed by atoms with Crippen molar-refractivity contribution in [1.82, 2.24) is 4.90 Å². The van der Waals surface area contributed by atoms with Gasteiger partial charge in [-0.1, -0.05) is 29.8 Å². The molecule has 0 unspecified atom stereocenters. The summed E-state index contributed by atoms with van der Waals surface area (Å²) in [5, 5.41) is 2.77. The Balaban J connectivity index is 1.90. The molecule has 2 aromatic carbocycles. The number of anilines is 1. The van der Waals surface area contributed by atoms with Gasteiger partial charge in [0.1, 0.15) is 5.75 Å². The maximum absolute atomic E-state index is 12.3. The number of para-hydroxylation sites is 1. The van der Waals surface area contributed by atoms with E-state index in [1.165, 1.54) is 4.90 Å². The minimum atomic E-state index is -0.268. The topological polar surface area (TPSA) is 58.6 Å². The third-order valence-electron chi connectivity index (χ3n) is 3.90. The quantitative estimate of drug-likeness (QED) is 0.774. The van der Waals surface area contributed by atoms with Crippen molar-refractivity contribution in [2.75, 3.05) is 25.5 Å². The van der Waals surface area contributed by atoms with E-state index in [4.69, 9.17) is 4.74 Å². The van der Waals surface area contributed by atoms with Gasteiger partial charge in [0.2, 0.25) is 5.91 Å². The smallest absolute Gasteiger partial charge is 0.260 e. The zero-order valence-corrected chi connectivity index (χ0v) is 17.0. The molecule has 0 aliphatic heterocycles. The molecule has 2 rings (SSSR count).